The van der Waals surface area contributed by atoms with Gasteiger partial charge in [-0.25, -0.2) is 0 Å². The van der Waals surface area contributed by atoms with E-state index >= 15 is 0 Å². The van der Waals surface area contributed by atoms with E-state index < -0.39 is 0 Å². The summed E-state index contributed by atoms with van der Waals surface area (Å²) in [6, 6.07) is 9.37. The molecule has 0 aliphatic heterocycles. The predicted molar refractivity (Wildman–Crippen MR) is 66.6 cm³/mol. The molecule has 0 amide bonds. The molecule has 1 nitrogen and oxygen atoms in total. The molecule has 0 radical (unpaired) electrons. The van der Waals surface area contributed by atoms with Crippen molar-refractivity contribution in [2.45, 2.75) is 18.9 Å². The summed E-state index contributed by atoms with van der Waals surface area (Å²) in [6.45, 7) is 0. The lowest BCUT2D eigenvalue weighted by Crippen LogP contribution is -2.17. The number of aryl methyl sites for hydroxylation is 1. The van der Waals surface area contributed by atoms with Crippen molar-refractivity contribution in [2.24, 2.45) is 0 Å². The normalized spacial score (nSPS) is 19.6. The summed E-state index contributed by atoms with van der Waals surface area (Å²) >= 11 is 0. The molecule has 1 aliphatic carbocycles. The molecule has 0 fully saturated rings. The van der Waals surface area contributed by atoms with Crippen molar-refractivity contribution in [2.75, 3.05) is 12.1 Å². The van der Waals surface area contributed by atoms with Crippen molar-refractivity contribution in [3.8, 4) is 0 Å². The van der Waals surface area contributed by atoms with E-state index in [0.29, 0.717) is 6.04 Å². The molecule has 3 heteroatoms. The molecule has 1 unspecified atom stereocenters. The molecule has 1 atom stereocenters. The third kappa shape index (κ3) is 2.27. The van der Waals surface area contributed by atoms with Gasteiger partial charge >= 0.3 is 0 Å². The minimum atomic E-state index is 0.589. The van der Waals surface area contributed by atoms with E-state index in [9.17, 15) is 0 Å². The van der Waals surface area contributed by atoms with Gasteiger partial charge in [-0.2, -0.15) is 0 Å². The van der Waals surface area contributed by atoms with Crippen LogP contribution in [0.2, 0.25) is 0 Å². The van der Waals surface area contributed by atoms with Gasteiger partial charge in [0.1, 0.15) is 0 Å². The Hall–Kier alpha value is -0.120. The highest BCUT2D eigenvalue weighted by molar-refractivity contribution is 8.76. The number of fused-ring (bicyclic) bond motifs is 1. The first-order valence-corrected chi connectivity index (χ1v) is 7.61. The van der Waals surface area contributed by atoms with E-state index in [4.69, 9.17) is 0 Å². The van der Waals surface area contributed by atoms with Crippen molar-refractivity contribution in [1.82, 2.24) is 5.32 Å². The topological polar surface area (TPSA) is 12.0 Å². The number of hydrogen-bond donors (Lipinski definition) is 1. The van der Waals surface area contributed by atoms with Gasteiger partial charge in [0.05, 0.1) is 5.88 Å². The number of hydrogen-bond acceptors (Lipinski definition) is 3. The molecule has 2 rings (SSSR count). The van der Waals surface area contributed by atoms with Gasteiger partial charge in [-0.05, 0) is 30.2 Å². The molecule has 14 heavy (non-hydrogen) atoms. The van der Waals surface area contributed by atoms with E-state index in [0.717, 1.165) is 5.88 Å². The number of benzene rings is 1. The molecule has 76 valence electrons. The summed E-state index contributed by atoms with van der Waals surface area (Å²) in [7, 11) is 3.70. The Morgan fingerprint density at radius 2 is 2.29 bits per heavy atom. The van der Waals surface area contributed by atoms with Crippen LogP contribution in [0.5, 0.6) is 0 Å². The van der Waals surface area contributed by atoms with Crippen LogP contribution in [0.25, 0.3) is 0 Å². The summed E-state index contributed by atoms with van der Waals surface area (Å²) in [5.74, 6) is 1.04. The van der Waals surface area contributed by atoms with Gasteiger partial charge in [-0.3, -0.25) is 0 Å². The average molecular weight is 225 g/mol. The SMILES string of the molecule is CSSCNC1CCc2ccccc21. The van der Waals surface area contributed by atoms with E-state index in [1.165, 1.54) is 24.0 Å². The van der Waals surface area contributed by atoms with E-state index in [1.807, 2.05) is 21.6 Å². The average Bonchev–Trinajstić information content (AvgIpc) is 2.63. The molecule has 1 aromatic rings. The smallest absolute Gasteiger partial charge is 0.0528 e. The summed E-state index contributed by atoms with van der Waals surface area (Å²) in [4.78, 5) is 0. The Morgan fingerprint density at radius 3 is 3.14 bits per heavy atom. The first-order chi connectivity index (χ1) is 6.92. The minimum absolute atomic E-state index is 0.589. The molecular weight excluding hydrogens is 210 g/mol. The van der Waals surface area contributed by atoms with Gasteiger partial charge < -0.3 is 5.32 Å². The van der Waals surface area contributed by atoms with Gasteiger partial charge in [0.15, 0.2) is 0 Å². The maximum absolute atomic E-state index is 3.58. The molecule has 1 N–H and O–H groups in total. The number of nitrogens with one attached hydrogen (secondary N) is 1. The van der Waals surface area contributed by atoms with Gasteiger partial charge in [0.2, 0.25) is 0 Å². The third-order valence-electron chi connectivity index (χ3n) is 2.64. The maximum Gasteiger partial charge on any atom is 0.0528 e. The number of rotatable bonds is 4. The lowest BCUT2D eigenvalue weighted by atomic mass is 10.1. The summed E-state index contributed by atoms with van der Waals surface area (Å²) in [6.07, 6.45) is 4.61. The molecule has 0 saturated carbocycles. The molecule has 0 bridgehead atoms. The zero-order valence-electron chi connectivity index (χ0n) is 8.32. The Labute approximate surface area is 93.4 Å². The molecule has 0 saturated heterocycles. The van der Waals surface area contributed by atoms with Crippen LogP contribution < -0.4 is 5.32 Å². The summed E-state index contributed by atoms with van der Waals surface area (Å²) in [5.41, 5.74) is 3.04. The van der Waals surface area contributed by atoms with Crippen molar-refractivity contribution < 1.29 is 0 Å². The molecule has 0 spiro atoms. The molecule has 0 heterocycles. The van der Waals surface area contributed by atoms with Gasteiger partial charge in [-0.15, -0.1) is 0 Å². The second kappa shape index (κ2) is 5.10. The van der Waals surface area contributed by atoms with E-state index in [2.05, 4.69) is 35.8 Å². The van der Waals surface area contributed by atoms with Crippen LogP contribution in [-0.2, 0) is 6.42 Å². The van der Waals surface area contributed by atoms with Gasteiger partial charge in [-0.1, -0.05) is 45.9 Å². The standard InChI is InChI=1S/C11H15NS2/c1-13-14-8-12-11-7-6-9-4-2-3-5-10(9)11/h2-5,11-12H,6-8H2,1H3. The largest absolute Gasteiger partial charge is 0.300 e. The fourth-order valence-electron chi connectivity index (χ4n) is 1.96. The highest BCUT2D eigenvalue weighted by atomic mass is 33.1. The quantitative estimate of drug-likeness (QED) is 0.480. The van der Waals surface area contributed by atoms with Crippen LogP contribution in [0.1, 0.15) is 23.6 Å². The summed E-state index contributed by atoms with van der Waals surface area (Å²) < 4.78 is 0. The zero-order chi connectivity index (χ0) is 9.80. The van der Waals surface area contributed by atoms with Crippen LogP contribution in [0.15, 0.2) is 24.3 Å². The van der Waals surface area contributed by atoms with Crippen LogP contribution in [0, 0.1) is 0 Å². The Morgan fingerprint density at radius 1 is 1.43 bits per heavy atom. The van der Waals surface area contributed by atoms with E-state index in [-0.39, 0.29) is 0 Å². The maximum atomic E-state index is 3.58. The molecule has 0 aromatic heterocycles. The van der Waals surface area contributed by atoms with Crippen LogP contribution in [0.4, 0.5) is 0 Å². The van der Waals surface area contributed by atoms with Crippen LogP contribution >= 0.6 is 21.6 Å². The van der Waals surface area contributed by atoms with Crippen molar-refractivity contribution in [3.05, 3.63) is 35.4 Å². The Balaban J connectivity index is 1.96. The molecule has 1 aliphatic rings. The van der Waals surface area contributed by atoms with Crippen molar-refractivity contribution >= 4 is 21.6 Å². The minimum Gasteiger partial charge on any atom is -0.300 e. The lowest BCUT2D eigenvalue weighted by Gasteiger charge is -2.12. The highest BCUT2D eigenvalue weighted by Crippen LogP contribution is 2.31. The fraction of sp³-hybridized carbons (Fsp3) is 0.455. The fourth-order valence-corrected chi connectivity index (χ4v) is 2.91. The first kappa shape index (κ1) is 10.4. The predicted octanol–water partition coefficient (Wildman–Crippen LogP) is 3.23. The Kier molecular flexibility index (Phi) is 3.79. The van der Waals surface area contributed by atoms with Crippen LogP contribution in [-0.4, -0.2) is 12.1 Å². The molecule has 1 aromatic carbocycles. The first-order valence-electron chi connectivity index (χ1n) is 4.88. The van der Waals surface area contributed by atoms with Crippen molar-refractivity contribution in [3.63, 3.8) is 0 Å². The second-order valence-corrected chi connectivity index (χ2v) is 5.99. The zero-order valence-corrected chi connectivity index (χ0v) is 9.96. The van der Waals surface area contributed by atoms with Crippen LogP contribution in [0.3, 0.4) is 0 Å². The van der Waals surface area contributed by atoms with Gasteiger partial charge in [0.25, 0.3) is 0 Å². The van der Waals surface area contributed by atoms with Crippen molar-refractivity contribution in [1.29, 1.82) is 0 Å². The van der Waals surface area contributed by atoms with E-state index in [1.54, 1.807) is 0 Å². The third-order valence-corrected chi connectivity index (χ3v) is 4.22. The molecular formula is C11H15NS2. The Bertz CT molecular complexity index is 301. The monoisotopic (exact) mass is 225 g/mol. The highest BCUT2D eigenvalue weighted by Gasteiger charge is 2.20. The second-order valence-electron chi connectivity index (χ2n) is 3.42. The van der Waals surface area contributed by atoms with Gasteiger partial charge in [0, 0.05) is 6.04 Å². The summed E-state index contributed by atoms with van der Waals surface area (Å²) in [5, 5.41) is 3.58. The lowest BCUT2D eigenvalue weighted by molar-refractivity contribution is 0.581.